The van der Waals surface area contributed by atoms with Crippen LogP contribution >= 0.6 is 11.6 Å². The molecule has 0 atom stereocenters. The number of hydrogen-bond donors (Lipinski definition) is 0. The Kier molecular flexibility index (Phi) is 6.29. The first-order valence-electron chi connectivity index (χ1n) is 9.65. The van der Waals surface area contributed by atoms with Gasteiger partial charge in [0.1, 0.15) is 11.5 Å². The van der Waals surface area contributed by atoms with Crippen LogP contribution in [-0.4, -0.2) is 53.8 Å². The molecule has 3 aromatic rings. The second kappa shape index (κ2) is 9.45. The molecule has 0 radical (unpaired) electrons. The molecule has 0 saturated carbocycles. The van der Waals surface area contributed by atoms with Gasteiger partial charge in [0.05, 0.1) is 0 Å². The Morgan fingerprint density at radius 2 is 1.60 bits per heavy atom. The minimum Gasteiger partial charge on any atom is -0.484 e. The van der Waals surface area contributed by atoms with Crippen LogP contribution in [0.15, 0.2) is 66.7 Å². The maximum absolute atomic E-state index is 12.4. The van der Waals surface area contributed by atoms with Crippen LogP contribution in [0, 0.1) is 0 Å². The van der Waals surface area contributed by atoms with Gasteiger partial charge in [-0.1, -0.05) is 29.8 Å². The molecular weight excluding hydrogens is 404 g/mol. The summed E-state index contributed by atoms with van der Waals surface area (Å²) in [4.78, 5) is 16.3. The quantitative estimate of drug-likeness (QED) is 0.601. The maximum atomic E-state index is 12.4. The molecule has 0 N–H and O–H groups in total. The third-order valence-corrected chi connectivity index (χ3v) is 4.98. The predicted octanol–water partition coefficient (Wildman–Crippen LogP) is 3.65. The number of benzene rings is 2. The summed E-state index contributed by atoms with van der Waals surface area (Å²) < 4.78 is 11.2. The van der Waals surface area contributed by atoms with E-state index in [1.54, 1.807) is 35.2 Å². The number of carbonyl (C=O) groups is 1. The van der Waals surface area contributed by atoms with Gasteiger partial charge in [-0.3, -0.25) is 4.79 Å². The maximum Gasteiger partial charge on any atom is 0.260 e. The molecule has 1 aliphatic rings. The average molecular weight is 425 g/mol. The third-order valence-electron chi connectivity index (χ3n) is 4.72. The van der Waals surface area contributed by atoms with Crippen molar-refractivity contribution < 1.29 is 14.3 Å². The Bertz CT molecular complexity index is 960. The molecule has 1 aromatic heterocycles. The van der Waals surface area contributed by atoms with E-state index in [4.69, 9.17) is 21.1 Å². The first kappa shape index (κ1) is 20.0. The van der Waals surface area contributed by atoms with E-state index in [0.29, 0.717) is 48.6 Å². The Morgan fingerprint density at radius 3 is 2.27 bits per heavy atom. The number of anilines is 1. The molecule has 30 heavy (non-hydrogen) atoms. The fraction of sp³-hybridized carbons (Fsp3) is 0.227. The molecule has 0 aliphatic carbocycles. The molecule has 1 saturated heterocycles. The summed E-state index contributed by atoms with van der Waals surface area (Å²) >= 11 is 5.85. The van der Waals surface area contributed by atoms with E-state index in [1.165, 1.54) is 0 Å². The summed E-state index contributed by atoms with van der Waals surface area (Å²) in [6.07, 6.45) is 0. The number of nitrogens with zero attached hydrogens (tertiary/aromatic N) is 4. The van der Waals surface area contributed by atoms with Gasteiger partial charge in [0.15, 0.2) is 12.4 Å². The topological polar surface area (TPSA) is 67.8 Å². The summed E-state index contributed by atoms with van der Waals surface area (Å²) in [6.45, 7) is 2.58. The number of hydrogen-bond acceptors (Lipinski definition) is 6. The van der Waals surface area contributed by atoms with Crippen molar-refractivity contribution in [1.29, 1.82) is 0 Å². The van der Waals surface area contributed by atoms with Crippen molar-refractivity contribution >= 4 is 23.3 Å². The summed E-state index contributed by atoms with van der Waals surface area (Å²) in [5.41, 5.74) is 0. The average Bonchev–Trinajstić information content (AvgIpc) is 2.80. The number of piperazine rings is 1. The van der Waals surface area contributed by atoms with Gasteiger partial charge in [-0.2, -0.15) is 0 Å². The first-order valence-corrected chi connectivity index (χ1v) is 10.0. The number of halogens is 1. The predicted molar refractivity (Wildman–Crippen MR) is 114 cm³/mol. The molecule has 0 bridgehead atoms. The lowest BCUT2D eigenvalue weighted by Crippen LogP contribution is -2.50. The Hall–Kier alpha value is -3.32. The van der Waals surface area contributed by atoms with Crippen molar-refractivity contribution in [3.05, 3.63) is 71.8 Å². The zero-order valence-electron chi connectivity index (χ0n) is 16.3. The van der Waals surface area contributed by atoms with Gasteiger partial charge in [0.2, 0.25) is 5.88 Å². The normalized spacial score (nSPS) is 13.8. The Balaban J connectivity index is 1.25. The molecule has 154 valence electrons. The van der Waals surface area contributed by atoms with Gasteiger partial charge in [-0.15, -0.1) is 10.2 Å². The zero-order valence-corrected chi connectivity index (χ0v) is 17.0. The summed E-state index contributed by atoms with van der Waals surface area (Å²) in [7, 11) is 0. The van der Waals surface area contributed by atoms with Crippen LogP contribution in [0.1, 0.15) is 0 Å². The largest absolute Gasteiger partial charge is 0.484 e. The second-order valence-corrected chi connectivity index (χ2v) is 7.19. The van der Waals surface area contributed by atoms with Crippen molar-refractivity contribution in [2.75, 3.05) is 37.7 Å². The molecule has 1 aliphatic heterocycles. The van der Waals surface area contributed by atoms with Crippen molar-refractivity contribution in [3.63, 3.8) is 0 Å². The van der Waals surface area contributed by atoms with Crippen LogP contribution in [0.5, 0.6) is 17.4 Å². The van der Waals surface area contributed by atoms with Gasteiger partial charge < -0.3 is 19.3 Å². The van der Waals surface area contributed by atoms with Crippen LogP contribution in [0.25, 0.3) is 0 Å². The fourth-order valence-corrected chi connectivity index (χ4v) is 3.22. The molecule has 1 amide bonds. The van der Waals surface area contributed by atoms with Crippen LogP contribution in [-0.2, 0) is 4.79 Å². The van der Waals surface area contributed by atoms with Gasteiger partial charge in [0.25, 0.3) is 5.91 Å². The standard InChI is InChI=1S/C22H21ClN4O3/c23-17-6-8-18(9-7-17)29-16-22(28)27-14-12-26(13-15-27)20-10-11-21(25-24-20)30-19-4-2-1-3-5-19/h1-11H,12-16H2. The van der Waals surface area contributed by atoms with E-state index in [9.17, 15) is 4.79 Å². The minimum atomic E-state index is -0.0395. The summed E-state index contributed by atoms with van der Waals surface area (Å²) in [5.74, 6) is 2.51. The van der Waals surface area contributed by atoms with Crippen molar-refractivity contribution in [2.45, 2.75) is 0 Å². The highest BCUT2D eigenvalue weighted by Crippen LogP contribution is 2.21. The monoisotopic (exact) mass is 424 g/mol. The minimum absolute atomic E-state index is 0.00690. The van der Waals surface area contributed by atoms with E-state index in [-0.39, 0.29) is 12.5 Å². The summed E-state index contributed by atoms with van der Waals surface area (Å²) in [5, 5.41) is 9.04. The van der Waals surface area contributed by atoms with E-state index in [0.717, 1.165) is 5.82 Å². The zero-order chi connectivity index (χ0) is 20.8. The molecule has 0 spiro atoms. The highest BCUT2D eigenvalue weighted by molar-refractivity contribution is 6.30. The number of aromatic nitrogens is 2. The van der Waals surface area contributed by atoms with Crippen molar-refractivity contribution in [3.8, 4) is 17.4 Å². The fourth-order valence-electron chi connectivity index (χ4n) is 3.10. The van der Waals surface area contributed by atoms with Gasteiger partial charge in [-0.05, 0) is 42.5 Å². The molecule has 7 nitrogen and oxygen atoms in total. The van der Waals surface area contributed by atoms with Crippen molar-refractivity contribution in [1.82, 2.24) is 15.1 Å². The number of carbonyl (C=O) groups excluding carboxylic acids is 1. The number of para-hydroxylation sites is 1. The number of ether oxygens (including phenoxy) is 2. The van der Waals surface area contributed by atoms with E-state index in [1.807, 2.05) is 36.4 Å². The van der Waals surface area contributed by atoms with Crippen LogP contribution in [0.4, 0.5) is 5.82 Å². The highest BCUT2D eigenvalue weighted by Gasteiger charge is 2.22. The second-order valence-electron chi connectivity index (χ2n) is 6.76. The smallest absolute Gasteiger partial charge is 0.260 e. The van der Waals surface area contributed by atoms with E-state index >= 15 is 0 Å². The van der Waals surface area contributed by atoms with Crippen LogP contribution in [0.3, 0.4) is 0 Å². The van der Waals surface area contributed by atoms with Crippen LogP contribution in [0.2, 0.25) is 5.02 Å². The SMILES string of the molecule is O=C(COc1ccc(Cl)cc1)N1CCN(c2ccc(Oc3ccccc3)nn2)CC1. The summed E-state index contributed by atoms with van der Waals surface area (Å²) in [6, 6.07) is 20.1. The lowest BCUT2D eigenvalue weighted by molar-refractivity contribution is -0.133. The van der Waals surface area contributed by atoms with Gasteiger partial charge in [0, 0.05) is 37.3 Å². The van der Waals surface area contributed by atoms with Crippen LogP contribution < -0.4 is 14.4 Å². The number of rotatable bonds is 6. The molecule has 2 aromatic carbocycles. The Labute approximate surface area is 179 Å². The van der Waals surface area contributed by atoms with Gasteiger partial charge >= 0.3 is 0 Å². The molecule has 8 heteroatoms. The molecular formula is C22H21ClN4O3. The lowest BCUT2D eigenvalue weighted by atomic mass is 10.3. The highest BCUT2D eigenvalue weighted by atomic mass is 35.5. The number of amides is 1. The first-order chi connectivity index (χ1) is 14.7. The molecule has 0 unspecified atom stereocenters. The molecule has 4 rings (SSSR count). The van der Waals surface area contributed by atoms with Crippen molar-refractivity contribution in [2.24, 2.45) is 0 Å². The molecule has 2 heterocycles. The molecule has 1 fully saturated rings. The lowest BCUT2D eigenvalue weighted by Gasteiger charge is -2.35. The van der Waals surface area contributed by atoms with E-state index < -0.39 is 0 Å². The Morgan fingerprint density at radius 1 is 0.867 bits per heavy atom. The van der Waals surface area contributed by atoms with E-state index in [2.05, 4.69) is 15.1 Å². The third kappa shape index (κ3) is 5.18. The van der Waals surface area contributed by atoms with Gasteiger partial charge in [-0.25, -0.2) is 0 Å².